The molecular weight excluding hydrogens is 546 g/mol. The number of aromatic hydroxyl groups is 1. The average molecular weight is 568 g/mol. The van der Waals surface area contributed by atoms with E-state index >= 15 is 0 Å². The summed E-state index contributed by atoms with van der Waals surface area (Å²) in [5.41, 5.74) is 9.83. The molecule has 0 saturated heterocycles. The highest BCUT2D eigenvalue weighted by Gasteiger charge is 2.13. The van der Waals surface area contributed by atoms with E-state index < -0.39 is 16.1 Å². The van der Waals surface area contributed by atoms with Crippen LogP contribution in [-0.2, 0) is 10.1 Å². The van der Waals surface area contributed by atoms with Crippen LogP contribution in [0.15, 0.2) is 122 Å². The summed E-state index contributed by atoms with van der Waals surface area (Å²) in [6, 6.07) is 25.9. The lowest BCUT2D eigenvalue weighted by Crippen LogP contribution is -1.97. The zero-order valence-corrected chi connectivity index (χ0v) is 21.9. The summed E-state index contributed by atoms with van der Waals surface area (Å²) < 4.78 is 32.2. The van der Waals surface area contributed by atoms with Crippen molar-refractivity contribution in [2.45, 2.75) is 4.90 Å². The topological polar surface area (TPSA) is 187 Å². The Morgan fingerprint density at radius 3 is 1.83 bits per heavy atom. The summed E-state index contributed by atoms with van der Waals surface area (Å²) in [6.07, 6.45) is 0. The molecule has 0 heterocycles. The lowest BCUT2D eigenvalue weighted by molar-refractivity contribution is 0.0693. The van der Waals surface area contributed by atoms with Crippen molar-refractivity contribution >= 4 is 55.3 Å². The van der Waals surface area contributed by atoms with Crippen molar-refractivity contribution in [3.05, 3.63) is 103 Å². The number of carboxylic acids is 1. The molecule has 0 radical (unpaired) electrons. The molecule has 0 saturated carbocycles. The van der Waals surface area contributed by atoms with Crippen molar-refractivity contribution in [1.29, 1.82) is 0 Å². The number of hydrogen-bond donors (Lipinski definition) is 4. The second-order valence-electron chi connectivity index (χ2n) is 8.86. The van der Waals surface area contributed by atoms with E-state index in [-0.39, 0.29) is 16.2 Å². The summed E-state index contributed by atoms with van der Waals surface area (Å²) in [5, 5.41) is 36.6. The molecule has 11 nitrogen and oxygen atoms in total. The van der Waals surface area contributed by atoms with Crippen LogP contribution >= 0.6 is 0 Å². The zero-order chi connectivity index (χ0) is 29.1. The quantitative estimate of drug-likeness (QED) is 0.0886. The number of phenols is 1. The molecule has 12 heteroatoms. The van der Waals surface area contributed by atoms with E-state index in [0.717, 1.165) is 11.1 Å². The third-order valence-corrected chi connectivity index (χ3v) is 6.97. The summed E-state index contributed by atoms with van der Waals surface area (Å²) >= 11 is 0. The largest absolute Gasteiger partial charge is 0.507 e. The van der Waals surface area contributed by atoms with Gasteiger partial charge in [-0.05, 0) is 77.2 Å². The normalized spacial score (nSPS) is 11.9. The molecule has 0 unspecified atom stereocenters. The van der Waals surface area contributed by atoms with E-state index in [1.807, 2.05) is 24.3 Å². The van der Waals surface area contributed by atoms with E-state index in [1.54, 1.807) is 36.4 Å². The van der Waals surface area contributed by atoms with Crippen LogP contribution in [0.25, 0.3) is 21.9 Å². The number of carboxylic acid groups (broad SMARTS) is 1. The van der Waals surface area contributed by atoms with Crippen LogP contribution in [0.3, 0.4) is 0 Å². The number of fused-ring (bicyclic) bond motifs is 1. The molecule has 5 aromatic carbocycles. The lowest BCUT2D eigenvalue weighted by atomic mass is 10.1. The molecule has 0 amide bonds. The van der Waals surface area contributed by atoms with E-state index in [9.17, 15) is 22.9 Å². The predicted octanol–water partition coefficient (Wildman–Crippen LogP) is 7.57. The van der Waals surface area contributed by atoms with Gasteiger partial charge in [0, 0.05) is 5.39 Å². The van der Waals surface area contributed by atoms with Gasteiger partial charge in [-0.1, -0.05) is 36.4 Å². The number of carbonyl (C=O) groups is 1. The minimum absolute atomic E-state index is 0.226. The maximum atomic E-state index is 11.5. The Labute approximate surface area is 233 Å². The lowest BCUT2D eigenvalue weighted by Gasteiger charge is -2.06. The number of rotatable bonds is 7. The van der Waals surface area contributed by atoms with E-state index in [2.05, 4.69) is 20.5 Å². The molecule has 0 aliphatic carbocycles. The Morgan fingerprint density at radius 1 is 0.683 bits per heavy atom. The molecule has 0 aliphatic heterocycles. The van der Waals surface area contributed by atoms with Crippen LogP contribution in [0, 0.1) is 0 Å². The molecule has 0 bridgehead atoms. The Bertz CT molecular complexity index is 1960. The maximum absolute atomic E-state index is 11.5. The van der Waals surface area contributed by atoms with Gasteiger partial charge in [-0.25, -0.2) is 4.79 Å². The van der Waals surface area contributed by atoms with Crippen molar-refractivity contribution in [2.24, 2.45) is 20.5 Å². The van der Waals surface area contributed by atoms with Crippen LogP contribution in [-0.4, -0.2) is 29.2 Å². The van der Waals surface area contributed by atoms with Gasteiger partial charge in [0.1, 0.15) is 17.0 Å². The number of nitrogens with two attached hydrogens (primary N) is 1. The van der Waals surface area contributed by atoms with Gasteiger partial charge in [-0.15, -0.1) is 5.11 Å². The predicted molar refractivity (Wildman–Crippen MR) is 153 cm³/mol. The molecule has 5 rings (SSSR count). The Balaban J connectivity index is 1.31. The molecular formula is C29H21N5O6S. The molecule has 41 heavy (non-hydrogen) atoms. The molecule has 0 aliphatic rings. The van der Waals surface area contributed by atoms with Crippen molar-refractivity contribution in [3.63, 3.8) is 0 Å². The first-order valence-electron chi connectivity index (χ1n) is 12.0. The smallest absolute Gasteiger partial charge is 0.339 e. The number of aromatic carboxylic acids is 1. The second-order valence-corrected chi connectivity index (χ2v) is 10.3. The number of anilines is 1. The van der Waals surface area contributed by atoms with Gasteiger partial charge in [0.25, 0.3) is 10.1 Å². The van der Waals surface area contributed by atoms with E-state index in [4.69, 9.17) is 10.8 Å². The van der Waals surface area contributed by atoms with Gasteiger partial charge in [-0.3, -0.25) is 4.55 Å². The van der Waals surface area contributed by atoms with Crippen LogP contribution in [0.5, 0.6) is 5.75 Å². The first-order valence-corrected chi connectivity index (χ1v) is 13.4. The minimum atomic E-state index is -4.34. The van der Waals surface area contributed by atoms with Gasteiger partial charge >= 0.3 is 5.97 Å². The van der Waals surface area contributed by atoms with Crippen LogP contribution in [0.2, 0.25) is 0 Å². The number of nitrogens with zero attached hydrogens (tertiary/aromatic N) is 4. The number of azo groups is 2. The highest BCUT2D eigenvalue weighted by atomic mass is 32.2. The fourth-order valence-electron chi connectivity index (χ4n) is 4.00. The summed E-state index contributed by atoms with van der Waals surface area (Å²) in [4.78, 5) is 10.9. The first kappa shape index (κ1) is 27.1. The highest BCUT2D eigenvalue weighted by molar-refractivity contribution is 7.85. The molecule has 0 spiro atoms. The summed E-state index contributed by atoms with van der Waals surface area (Å²) in [5.74, 6) is -1.60. The Morgan fingerprint density at radius 2 is 1.24 bits per heavy atom. The molecule has 5 aromatic rings. The van der Waals surface area contributed by atoms with Crippen LogP contribution in [0.1, 0.15) is 10.4 Å². The maximum Gasteiger partial charge on any atom is 0.339 e. The van der Waals surface area contributed by atoms with Crippen molar-refractivity contribution in [1.82, 2.24) is 0 Å². The standard InChI is InChI=1S/C29H21N5O6S/c30-26-13-5-19-15-23(41(38,39)40)11-12-24(19)28(26)34-32-21-8-3-18(4-9-21)17-1-6-20(7-2-17)31-33-22-10-14-27(35)25(16-22)29(36)37/h1-16,35H,30H2,(H,36,37)(H,38,39,40). The minimum Gasteiger partial charge on any atom is -0.507 e. The summed E-state index contributed by atoms with van der Waals surface area (Å²) in [7, 11) is -4.34. The number of nitrogen functional groups attached to an aromatic ring is 1. The van der Waals surface area contributed by atoms with Gasteiger partial charge in [0.2, 0.25) is 0 Å². The average Bonchev–Trinajstić information content (AvgIpc) is 2.96. The van der Waals surface area contributed by atoms with Crippen molar-refractivity contribution < 1.29 is 28.0 Å². The molecule has 0 atom stereocenters. The van der Waals surface area contributed by atoms with Gasteiger partial charge in [0.15, 0.2) is 0 Å². The molecule has 0 aromatic heterocycles. The van der Waals surface area contributed by atoms with Crippen molar-refractivity contribution in [2.75, 3.05) is 5.73 Å². The molecule has 5 N–H and O–H groups in total. The molecule has 0 fully saturated rings. The number of hydrogen-bond acceptors (Lipinski definition) is 9. The van der Waals surface area contributed by atoms with Gasteiger partial charge in [-0.2, -0.15) is 23.8 Å². The fourth-order valence-corrected chi connectivity index (χ4v) is 4.52. The monoisotopic (exact) mass is 567 g/mol. The Kier molecular flexibility index (Phi) is 7.25. The fraction of sp³-hybridized carbons (Fsp3) is 0. The SMILES string of the molecule is Nc1ccc2cc(S(=O)(=O)O)ccc2c1N=Nc1ccc(-c2ccc(N=Nc3ccc(O)c(C(=O)O)c3)cc2)cc1. The molecule has 204 valence electrons. The number of benzene rings is 5. The Hall–Kier alpha value is -5.46. The summed E-state index contributed by atoms with van der Waals surface area (Å²) in [6.45, 7) is 0. The second kappa shape index (κ2) is 11.0. The zero-order valence-electron chi connectivity index (χ0n) is 21.1. The van der Waals surface area contributed by atoms with Crippen LogP contribution < -0.4 is 5.73 Å². The van der Waals surface area contributed by atoms with Gasteiger partial charge < -0.3 is 15.9 Å². The first-order chi connectivity index (χ1) is 19.6. The third-order valence-electron chi connectivity index (χ3n) is 6.12. The van der Waals surface area contributed by atoms with E-state index in [0.29, 0.717) is 39.2 Å². The third kappa shape index (κ3) is 6.08. The van der Waals surface area contributed by atoms with Gasteiger partial charge in [0.05, 0.1) is 27.6 Å². The van der Waals surface area contributed by atoms with Crippen molar-refractivity contribution in [3.8, 4) is 16.9 Å². The highest BCUT2D eigenvalue weighted by Crippen LogP contribution is 2.35. The van der Waals surface area contributed by atoms with E-state index in [1.165, 1.54) is 36.4 Å². The van der Waals surface area contributed by atoms with Crippen LogP contribution in [0.4, 0.5) is 28.4 Å².